The fourth-order valence-corrected chi connectivity index (χ4v) is 3.50. The van der Waals surface area contributed by atoms with Gasteiger partial charge in [0.25, 0.3) is 5.91 Å². The van der Waals surface area contributed by atoms with Gasteiger partial charge in [0, 0.05) is 5.02 Å². The molecule has 0 radical (unpaired) electrons. The van der Waals surface area contributed by atoms with E-state index in [9.17, 15) is 4.79 Å². The van der Waals surface area contributed by atoms with Gasteiger partial charge in [0.05, 0.1) is 16.7 Å². The molecule has 1 aliphatic rings. The number of para-hydroxylation sites is 2. The van der Waals surface area contributed by atoms with Gasteiger partial charge in [-0.1, -0.05) is 41.9 Å². The minimum absolute atomic E-state index is 0.221. The molecular weight excluding hydrogens is 359 g/mol. The Bertz CT molecular complexity index is 978. The minimum atomic E-state index is -0.666. The lowest BCUT2D eigenvalue weighted by Gasteiger charge is -2.44. The zero-order chi connectivity index (χ0) is 17.6. The highest BCUT2D eigenvalue weighted by atomic mass is 35.5. The summed E-state index contributed by atoms with van der Waals surface area (Å²) < 4.78 is 0. The number of hydrazine groups is 1. The Hall–Kier alpha value is -2.37. The van der Waals surface area contributed by atoms with Crippen LogP contribution >= 0.6 is 23.2 Å². The molecule has 1 aliphatic heterocycles. The van der Waals surface area contributed by atoms with Gasteiger partial charge in [-0.05, 0) is 30.7 Å². The topological polar surface area (TPSA) is 58.1 Å². The second-order valence-corrected chi connectivity index (χ2v) is 6.71. The van der Waals surface area contributed by atoms with Crippen LogP contribution in [0.25, 0.3) is 11.0 Å². The van der Waals surface area contributed by atoms with Gasteiger partial charge in [-0.15, -0.1) is 11.6 Å². The standard InChI is InChI=1S/C18H14Cl2N4O/c1-10-17(22-14-9-5-4-8-13(14)21-10)23-24-16(15(20)18(24)25)11-6-2-3-7-12(11)19/h2-9,15-16H,1H3,(H,22,23). The van der Waals surface area contributed by atoms with E-state index < -0.39 is 5.38 Å². The summed E-state index contributed by atoms with van der Waals surface area (Å²) in [7, 11) is 0. The molecule has 1 saturated heterocycles. The molecule has 0 aliphatic carbocycles. The van der Waals surface area contributed by atoms with Crippen LogP contribution in [0.4, 0.5) is 5.82 Å². The SMILES string of the molecule is Cc1nc2ccccc2nc1NN1C(=O)C(Cl)C1c1ccccc1Cl. The average molecular weight is 373 g/mol. The number of carbonyl (C=O) groups excluding carboxylic acids is 1. The quantitative estimate of drug-likeness (QED) is 0.555. The number of alkyl halides is 1. The number of β-lactam (4-membered cyclic amide) rings is 1. The maximum Gasteiger partial charge on any atom is 0.262 e. The first-order chi connectivity index (χ1) is 12.1. The van der Waals surface area contributed by atoms with Gasteiger partial charge in [0.1, 0.15) is 11.4 Å². The van der Waals surface area contributed by atoms with Crippen LogP contribution in [0, 0.1) is 6.92 Å². The van der Waals surface area contributed by atoms with Crippen LogP contribution in [0.15, 0.2) is 48.5 Å². The van der Waals surface area contributed by atoms with Crippen molar-refractivity contribution in [3.05, 3.63) is 64.8 Å². The summed E-state index contributed by atoms with van der Waals surface area (Å²) in [5.74, 6) is 0.300. The Labute approximate surface area is 154 Å². The van der Waals surface area contributed by atoms with E-state index in [1.165, 1.54) is 5.01 Å². The number of aromatic nitrogens is 2. The van der Waals surface area contributed by atoms with Crippen molar-refractivity contribution in [2.45, 2.75) is 18.3 Å². The average Bonchev–Trinajstić information content (AvgIpc) is 2.62. The molecule has 25 heavy (non-hydrogen) atoms. The van der Waals surface area contributed by atoms with E-state index in [2.05, 4.69) is 15.4 Å². The Morgan fingerprint density at radius 2 is 1.68 bits per heavy atom. The third-order valence-electron chi connectivity index (χ3n) is 4.22. The molecule has 1 fully saturated rings. The van der Waals surface area contributed by atoms with Gasteiger partial charge < -0.3 is 0 Å². The highest BCUT2D eigenvalue weighted by Gasteiger charge is 2.48. The fraction of sp³-hybridized carbons (Fsp3) is 0.167. The van der Waals surface area contributed by atoms with Gasteiger partial charge >= 0.3 is 0 Å². The Kier molecular flexibility index (Phi) is 3.98. The summed E-state index contributed by atoms with van der Waals surface area (Å²) >= 11 is 12.5. The van der Waals surface area contributed by atoms with Crippen LogP contribution < -0.4 is 5.43 Å². The summed E-state index contributed by atoms with van der Waals surface area (Å²) in [6.45, 7) is 1.84. The molecule has 0 spiro atoms. The van der Waals surface area contributed by atoms with Crippen LogP contribution in [0.3, 0.4) is 0 Å². The highest BCUT2D eigenvalue weighted by Crippen LogP contribution is 2.41. The summed E-state index contributed by atoms with van der Waals surface area (Å²) in [4.78, 5) is 21.4. The monoisotopic (exact) mass is 372 g/mol. The molecule has 0 saturated carbocycles. The number of aryl methyl sites for hydroxylation is 1. The molecule has 2 atom stereocenters. The second-order valence-electron chi connectivity index (χ2n) is 5.83. The predicted molar refractivity (Wildman–Crippen MR) is 98.6 cm³/mol. The molecule has 5 nitrogen and oxygen atoms in total. The molecule has 7 heteroatoms. The second kappa shape index (κ2) is 6.17. The number of halogens is 2. The Morgan fingerprint density at radius 3 is 2.40 bits per heavy atom. The van der Waals surface area contributed by atoms with Gasteiger partial charge in [-0.25, -0.2) is 15.0 Å². The largest absolute Gasteiger partial charge is 0.277 e. The molecule has 2 aromatic carbocycles. The molecule has 1 amide bonds. The number of hydrogen-bond donors (Lipinski definition) is 1. The lowest BCUT2D eigenvalue weighted by molar-refractivity contribution is -0.143. The fourth-order valence-electron chi connectivity index (χ4n) is 2.90. The summed E-state index contributed by atoms with van der Waals surface area (Å²) in [5, 5.41) is 1.37. The van der Waals surface area contributed by atoms with Gasteiger partial charge in [-0.2, -0.15) is 0 Å². The molecule has 1 N–H and O–H groups in total. The Morgan fingerprint density at radius 1 is 1.04 bits per heavy atom. The van der Waals surface area contributed by atoms with Crippen LogP contribution in [0.1, 0.15) is 17.3 Å². The van der Waals surface area contributed by atoms with Crippen LogP contribution in [-0.4, -0.2) is 26.3 Å². The van der Waals surface area contributed by atoms with Crippen LogP contribution in [0.5, 0.6) is 0 Å². The number of amides is 1. The number of rotatable bonds is 3. The van der Waals surface area contributed by atoms with Gasteiger partial charge in [0.2, 0.25) is 0 Å². The zero-order valence-corrected chi connectivity index (χ0v) is 14.8. The number of anilines is 1. The van der Waals surface area contributed by atoms with Crippen molar-refractivity contribution in [1.29, 1.82) is 0 Å². The van der Waals surface area contributed by atoms with Crippen molar-refractivity contribution in [3.8, 4) is 0 Å². The van der Waals surface area contributed by atoms with Crippen molar-refractivity contribution in [2.75, 3.05) is 5.43 Å². The maximum atomic E-state index is 12.3. The minimum Gasteiger partial charge on any atom is -0.277 e. The predicted octanol–water partition coefficient (Wildman–Crippen LogP) is 4.11. The molecule has 3 aromatic rings. The summed E-state index contributed by atoms with van der Waals surface area (Å²) in [5.41, 5.74) is 6.11. The zero-order valence-electron chi connectivity index (χ0n) is 13.3. The van der Waals surface area contributed by atoms with Crippen LogP contribution in [-0.2, 0) is 4.79 Å². The molecular formula is C18H14Cl2N4O. The normalized spacial score (nSPS) is 19.8. The van der Waals surface area contributed by atoms with E-state index in [-0.39, 0.29) is 11.9 Å². The van der Waals surface area contributed by atoms with E-state index in [4.69, 9.17) is 23.2 Å². The molecule has 2 heterocycles. The number of nitrogens with one attached hydrogen (secondary N) is 1. The highest BCUT2D eigenvalue weighted by molar-refractivity contribution is 6.35. The summed E-state index contributed by atoms with van der Waals surface area (Å²) in [6, 6.07) is 14.6. The van der Waals surface area contributed by atoms with Crippen molar-refractivity contribution in [3.63, 3.8) is 0 Å². The number of fused-ring (bicyclic) bond motifs is 1. The van der Waals surface area contributed by atoms with Gasteiger partial charge in [0.15, 0.2) is 5.82 Å². The number of carbonyl (C=O) groups is 1. The molecule has 1 aromatic heterocycles. The summed E-state index contributed by atoms with van der Waals surface area (Å²) in [6.07, 6.45) is 0. The molecule has 126 valence electrons. The molecule has 0 bridgehead atoms. The lowest BCUT2D eigenvalue weighted by atomic mass is 9.95. The van der Waals surface area contributed by atoms with Gasteiger partial charge in [-0.3, -0.25) is 10.2 Å². The van der Waals surface area contributed by atoms with Crippen molar-refractivity contribution >= 4 is 46.0 Å². The van der Waals surface area contributed by atoms with Crippen molar-refractivity contribution in [1.82, 2.24) is 15.0 Å². The van der Waals surface area contributed by atoms with Crippen molar-refractivity contribution in [2.24, 2.45) is 0 Å². The van der Waals surface area contributed by atoms with E-state index in [0.29, 0.717) is 16.5 Å². The van der Waals surface area contributed by atoms with E-state index in [0.717, 1.165) is 16.6 Å². The van der Waals surface area contributed by atoms with E-state index in [1.807, 2.05) is 49.4 Å². The number of benzene rings is 2. The third-order valence-corrected chi connectivity index (χ3v) is 4.99. The third kappa shape index (κ3) is 2.69. The molecule has 4 rings (SSSR count). The first-order valence-corrected chi connectivity index (χ1v) is 8.59. The van der Waals surface area contributed by atoms with E-state index >= 15 is 0 Å². The first-order valence-electron chi connectivity index (χ1n) is 7.78. The molecule has 2 unspecified atom stereocenters. The smallest absolute Gasteiger partial charge is 0.262 e. The lowest BCUT2D eigenvalue weighted by Crippen LogP contribution is -2.58. The Balaban J connectivity index is 1.69. The van der Waals surface area contributed by atoms with E-state index in [1.54, 1.807) is 6.07 Å². The first kappa shape index (κ1) is 16.1. The number of hydrogen-bond acceptors (Lipinski definition) is 4. The van der Waals surface area contributed by atoms with Crippen LogP contribution in [0.2, 0.25) is 5.02 Å². The maximum absolute atomic E-state index is 12.3. The number of nitrogens with zero attached hydrogens (tertiary/aromatic N) is 3. The van der Waals surface area contributed by atoms with Crippen molar-refractivity contribution < 1.29 is 4.79 Å².